The lowest BCUT2D eigenvalue weighted by Crippen LogP contribution is -2.45. The van der Waals surface area contributed by atoms with E-state index in [1.807, 2.05) is 25.1 Å². The summed E-state index contributed by atoms with van der Waals surface area (Å²) < 4.78 is 15.1. The van der Waals surface area contributed by atoms with Gasteiger partial charge < -0.3 is 24.6 Å². The van der Waals surface area contributed by atoms with Crippen LogP contribution in [0.3, 0.4) is 0 Å². The Morgan fingerprint density at radius 2 is 2.04 bits per heavy atom. The van der Waals surface area contributed by atoms with Crippen LogP contribution in [0.2, 0.25) is 0 Å². The monoisotopic (exact) mass is 323 g/mol. The Morgan fingerprint density at radius 3 is 2.61 bits per heavy atom. The van der Waals surface area contributed by atoms with Crippen LogP contribution in [-0.4, -0.2) is 50.5 Å². The predicted molar refractivity (Wildman–Crippen MR) is 84.2 cm³/mol. The molecule has 1 atom stereocenters. The van der Waals surface area contributed by atoms with Gasteiger partial charge in [-0.15, -0.1) is 0 Å². The molecule has 7 nitrogen and oxygen atoms in total. The first kappa shape index (κ1) is 18.5. The van der Waals surface area contributed by atoms with E-state index in [0.717, 1.165) is 5.56 Å². The summed E-state index contributed by atoms with van der Waals surface area (Å²) in [5.74, 6) is -0.405. The molecular weight excluding hydrogens is 302 g/mol. The Kier molecular flexibility index (Phi) is 7.62. The highest BCUT2D eigenvalue weighted by molar-refractivity contribution is 5.85. The van der Waals surface area contributed by atoms with Crippen LogP contribution in [0.15, 0.2) is 24.3 Å². The van der Waals surface area contributed by atoms with E-state index < -0.39 is 24.5 Å². The zero-order valence-electron chi connectivity index (χ0n) is 13.4. The van der Waals surface area contributed by atoms with Crippen molar-refractivity contribution in [3.8, 4) is 11.5 Å². The van der Waals surface area contributed by atoms with Crippen molar-refractivity contribution in [2.45, 2.75) is 13.0 Å². The molecule has 0 radical (unpaired) electrons. The molecule has 0 aliphatic rings. The third-order valence-corrected chi connectivity index (χ3v) is 2.91. The van der Waals surface area contributed by atoms with Gasteiger partial charge in [0.05, 0.1) is 20.8 Å². The molecule has 0 unspecified atom stereocenters. The standard InChI is InChI=1S/C16H21NO6/c1-4-5-11-6-7-13(14(8-11)21-2)23-10-15(19)17-12(9-18)16(20)22-3/h4-8,12,18H,9-10H2,1-3H3,(H,17,19)/b5-4+/t12-/m0/s1. The SMILES string of the molecule is C/C=C/c1ccc(OCC(=O)N[C@@H](CO)C(=O)OC)c(OC)c1. The summed E-state index contributed by atoms with van der Waals surface area (Å²) in [4.78, 5) is 23.1. The van der Waals surface area contributed by atoms with Crippen molar-refractivity contribution in [1.82, 2.24) is 5.32 Å². The zero-order chi connectivity index (χ0) is 17.2. The maximum absolute atomic E-state index is 11.8. The molecule has 0 saturated heterocycles. The van der Waals surface area contributed by atoms with Crippen LogP contribution in [0.1, 0.15) is 12.5 Å². The first-order valence-electron chi connectivity index (χ1n) is 6.97. The lowest BCUT2D eigenvalue weighted by atomic mass is 10.2. The van der Waals surface area contributed by atoms with E-state index in [9.17, 15) is 9.59 Å². The molecule has 126 valence electrons. The minimum Gasteiger partial charge on any atom is -0.493 e. The quantitative estimate of drug-likeness (QED) is 0.686. The maximum atomic E-state index is 11.8. The van der Waals surface area contributed by atoms with E-state index in [1.165, 1.54) is 14.2 Å². The predicted octanol–water partition coefficient (Wildman–Crippen LogP) is 0.757. The summed E-state index contributed by atoms with van der Waals surface area (Å²) >= 11 is 0. The van der Waals surface area contributed by atoms with E-state index >= 15 is 0 Å². The van der Waals surface area contributed by atoms with Crippen molar-refractivity contribution in [1.29, 1.82) is 0 Å². The van der Waals surface area contributed by atoms with Crippen LogP contribution in [0.5, 0.6) is 11.5 Å². The molecule has 0 aliphatic heterocycles. The van der Waals surface area contributed by atoms with Crippen LogP contribution in [0.4, 0.5) is 0 Å². The molecule has 0 saturated carbocycles. The Balaban J connectivity index is 2.66. The van der Waals surface area contributed by atoms with E-state index in [4.69, 9.17) is 14.6 Å². The second kappa shape index (κ2) is 9.47. The van der Waals surface area contributed by atoms with Crippen molar-refractivity contribution in [3.05, 3.63) is 29.8 Å². The molecule has 0 aliphatic carbocycles. The van der Waals surface area contributed by atoms with Crippen LogP contribution >= 0.6 is 0 Å². The summed E-state index contributed by atoms with van der Waals surface area (Å²) in [6, 6.07) is 4.17. The Labute approximate surface area is 134 Å². The van der Waals surface area contributed by atoms with Gasteiger partial charge in [0.25, 0.3) is 5.91 Å². The van der Waals surface area contributed by atoms with Gasteiger partial charge >= 0.3 is 5.97 Å². The summed E-state index contributed by atoms with van der Waals surface area (Å²) in [5, 5.41) is 11.4. The number of hydrogen-bond donors (Lipinski definition) is 2. The summed E-state index contributed by atoms with van der Waals surface area (Å²) in [7, 11) is 2.67. The molecule has 0 spiro atoms. The Morgan fingerprint density at radius 1 is 1.30 bits per heavy atom. The van der Waals surface area contributed by atoms with E-state index in [-0.39, 0.29) is 6.61 Å². The van der Waals surface area contributed by atoms with Crippen LogP contribution in [0, 0.1) is 0 Å². The molecule has 0 aromatic heterocycles. The molecule has 1 aromatic carbocycles. The number of hydrogen-bond acceptors (Lipinski definition) is 6. The van der Waals surface area contributed by atoms with E-state index in [1.54, 1.807) is 12.1 Å². The second-order valence-electron chi connectivity index (χ2n) is 4.52. The molecule has 2 N–H and O–H groups in total. The number of carbonyl (C=O) groups is 2. The van der Waals surface area contributed by atoms with E-state index in [2.05, 4.69) is 10.1 Å². The van der Waals surface area contributed by atoms with Crippen LogP contribution < -0.4 is 14.8 Å². The number of amides is 1. The highest BCUT2D eigenvalue weighted by Gasteiger charge is 2.20. The third kappa shape index (κ3) is 5.63. The second-order valence-corrected chi connectivity index (χ2v) is 4.52. The number of rotatable bonds is 8. The molecule has 0 bridgehead atoms. The molecule has 1 rings (SSSR count). The Hall–Kier alpha value is -2.54. The molecule has 0 fully saturated rings. The van der Waals surface area contributed by atoms with Gasteiger partial charge in [0.1, 0.15) is 0 Å². The maximum Gasteiger partial charge on any atom is 0.330 e. The summed E-state index contributed by atoms with van der Waals surface area (Å²) in [5.41, 5.74) is 0.937. The van der Waals surface area contributed by atoms with Crippen molar-refractivity contribution >= 4 is 18.0 Å². The molecule has 1 amide bonds. The summed E-state index contributed by atoms with van der Waals surface area (Å²) in [6.45, 7) is 1.02. The fourth-order valence-electron chi connectivity index (χ4n) is 1.80. The highest BCUT2D eigenvalue weighted by atomic mass is 16.5. The van der Waals surface area contributed by atoms with Crippen molar-refractivity contribution in [2.75, 3.05) is 27.4 Å². The van der Waals surface area contributed by atoms with Gasteiger partial charge in [-0.25, -0.2) is 4.79 Å². The topological polar surface area (TPSA) is 94.1 Å². The number of nitrogens with one attached hydrogen (secondary N) is 1. The fourth-order valence-corrected chi connectivity index (χ4v) is 1.80. The molecule has 7 heteroatoms. The number of esters is 1. The van der Waals surface area contributed by atoms with Gasteiger partial charge in [0.15, 0.2) is 24.1 Å². The van der Waals surface area contributed by atoms with Crippen LogP contribution in [0.25, 0.3) is 6.08 Å². The molecular formula is C16H21NO6. The number of benzene rings is 1. The fraction of sp³-hybridized carbons (Fsp3) is 0.375. The number of methoxy groups -OCH3 is 2. The zero-order valence-corrected chi connectivity index (χ0v) is 13.4. The number of allylic oxidation sites excluding steroid dienone is 1. The van der Waals surface area contributed by atoms with E-state index in [0.29, 0.717) is 11.5 Å². The minimum atomic E-state index is -1.12. The number of aliphatic hydroxyl groups is 1. The van der Waals surface area contributed by atoms with Gasteiger partial charge in [-0.1, -0.05) is 18.2 Å². The molecule has 23 heavy (non-hydrogen) atoms. The largest absolute Gasteiger partial charge is 0.493 e. The minimum absolute atomic E-state index is 0.327. The van der Waals surface area contributed by atoms with Gasteiger partial charge in [0.2, 0.25) is 0 Å². The van der Waals surface area contributed by atoms with Crippen molar-refractivity contribution in [3.63, 3.8) is 0 Å². The number of aliphatic hydroxyl groups excluding tert-OH is 1. The number of ether oxygens (including phenoxy) is 3. The normalized spacial score (nSPS) is 11.8. The summed E-state index contributed by atoms with van der Waals surface area (Å²) in [6.07, 6.45) is 3.80. The van der Waals surface area contributed by atoms with Crippen molar-refractivity contribution < 1.29 is 28.9 Å². The average Bonchev–Trinajstić information content (AvgIpc) is 2.57. The molecule has 1 aromatic rings. The van der Waals surface area contributed by atoms with Crippen LogP contribution in [-0.2, 0) is 14.3 Å². The Bertz CT molecular complexity index is 570. The first-order chi connectivity index (χ1) is 11.0. The van der Waals surface area contributed by atoms with Gasteiger partial charge in [-0.05, 0) is 24.6 Å². The lowest BCUT2D eigenvalue weighted by molar-refractivity contribution is -0.146. The lowest BCUT2D eigenvalue weighted by Gasteiger charge is -2.15. The molecule has 0 heterocycles. The smallest absolute Gasteiger partial charge is 0.330 e. The van der Waals surface area contributed by atoms with Gasteiger partial charge in [-0.3, -0.25) is 4.79 Å². The van der Waals surface area contributed by atoms with Crippen molar-refractivity contribution in [2.24, 2.45) is 0 Å². The highest BCUT2D eigenvalue weighted by Crippen LogP contribution is 2.28. The van der Waals surface area contributed by atoms with Gasteiger partial charge in [0, 0.05) is 0 Å². The number of carbonyl (C=O) groups excluding carboxylic acids is 2. The van der Waals surface area contributed by atoms with Gasteiger partial charge in [-0.2, -0.15) is 0 Å². The first-order valence-corrected chi connectivity index (χ1v) is 6.97. The average molecular weight is 323 g/mol. The third-order valence-electron chi connectivity index (χ3n) is 2.91.